The van der Waals surface area contributed by atoms with Crippen LogP contribution in [0.5, 0.6) is 0 Å². The van der Waals surface area contributed by atoms with E-state index in [2.05, 4.69) is 15.4 Å². The molecule has 0 spiro atoms. The minimum Gasteiger partial charge on any atom is -0.340 e. The van der Waals surface area contributed by atoms with Crippen LogP contribution >= 0.6 is 0 Å². The summed E-state index contributed by atoms with van der Waals surface area (Å²) in [4.78, 5) is 18.1. The van der Waals surface area contributed by atoms with Crippen LogP contribution in [0.2, 0.25) is 0 Å². The molecule has 0 saturated carbocycles. The summed E-state index contributed by atoms with van der Waals surface area (Å²) >= 11 is 0. The Balaban J connectivity index is 1.67. The molecule has 3 atom stereocenters. The van der Waals surface area contributed by atoms with Crippen molar-refractivity contribution in [1.82, 2.24) is 25.0 Å². The average Bonchev–Trinajstić information content (AvgIpc) is 3.01. The van der Waals surface area contributed by atoms with Gasteiger partial charge in [0.05, 0.1) is 0 Å². The number of carbonyl (C=O) groups excluding carboxylic acids is 1. The lowest BCUT2D eigenvalue weighted by Gasteiger charge is -2.21. The van der Waals surface area contributed by atoms with Crippen molar-refractivity contribution in [2.24, 2.45) is 11.8 Å². The van der Waals surface area contributed by atoms with Crippen molar-refractivity contribution in [2.45, 2.75) is 13.0 Å². The molecule has 17 heavy (non-hydrogen) atoms. The molecule has 1 unspecified atom stereocenters. The molecule has 3 rings (SSSR count). The summed E-state index contributed by atoms with van der Waals surface area (Å²) in [6, 6.07) is -0.246. The van der Waals surface area contributed by atoms with E-state index in [0.29, 0.717) is 11.8 Å². The van der Waals surface area contributed by atoms with Crippen LogP contribution < -0.4 is 5.32 Å². The lowest BCUT2D eigenvalue weighted by molar-refractivity contribution is -0.133. The number of hydrogen-bond acceptors (Lipinski definition) is 4. The van der Waals surface area contributed by atoms with Gasteiger partial charge in [0.15, 0.2) is 0 Å². The maximum atomic E-state index is 12.3. The summed E-state index contributed by atoms with van der Waals surface area (Å²) in [5.74, 6) is 1.44. The molecule has 1 N–H and O–H groups in total. The predicted molar refractivity (Wildman–Crippen MR) is 61.2 cm³/mol. The van der Waals surface area contributed by atoms with E-state index in [1.54, 1.807) is 11.0 Å². The molecule has 1 amide bonds. The summed E-state index contributed by atoms with van der Waals surface area (Å²) in [6.45, 7) is 5.74. The highest BCUT2D eigenvalue weighted by atomic mass is 16.2. The Morgan fingerprint density at radius 3 is 2.71 bits per heavy atom. The largest absolute Gasteiger partial charge is 0.340 e. The molecule has 0 bridgehead atoms. The van der Waals surface area contributed by atoms with Gasteiger partial charge in [-0.2, -0.15) is 5.10 Å². The quantitative estimate of drug-likeness (QED) is 0.752. The Kier molecular flexibility index (Phi) is 2.58. The van der Waals surface area contributed by atoms with Gasteiger partial charge in [-0.05, 0) is 18.8 Å². The standard InChI is InChI=1S/C11H17N5O/c1-8(16-7-13-6-14-16)11(17)15-4-9-2-12-3-10(9)5-15/h6-10,12H,2-5H2,1H3/t8?,9-,10+. The summed E-state index contributed by atoms with van der Waals surface area (Å²) in [6.07, 6.45) is 3.06. The van der Waals surface area contributed by atoms with E-state index in [1.807, 2.05) is 11.8 Å². The molecular formula is C11H17N5O. The fraction of sp³-hybridized carbons (Fsp3) is 0.727. The third kappa shape index (κ3) is 1.82. The van der Waals surface area contributed by atoms with Crippen LogP contribution in [0.4, 0.5) is 0 Å². The van der Waals surface area contributed by atoms with E-state index in [4.69, 9.17) is 0 Å². The molecule has 2 aliphatic rings. The van der Waals surface area contributed by atoms with Crippen LogP contribution in [0.15, 0.2) is 12.7 Å². The number of aromatic nitrogens is 3. The molecule has 1 aromatic heterocycles. The minimum atomic E-state index is -0.246. The van der Waals surface area contributed by atoms with Crippen LogP contribution in [0.3, 0.4) is 0 Å². The molecule has 1 aromatic rings. The topological polar surface area (TPSA) is 63.1 Å². The molecule has 0 aromatic carbocycles. The first-order valence-electron chi connectivity index (χ1n) is 6.09. The Morgan fingerprint density at radius 2 is 2.12 bits per heavy atom. The minimum absolute atomic E-state index is 0.157. The van der Waals surface area contributed by atoms with Crippen molar-refractivity contribution < 1.29 is 4.79 Å². The van der Waals surface area contributed by atoms with Gasteiger partial charge in [0.1, 0.15) is 18.7 Å². The summed E-state index contributed by atoms with van der Waals surface area (Å²) < 4.78 is 1.62. The monoisotopic (exact) mass is 235 g/mol. The van der Waals surface area contributed by atoms with Gasteiger partial charge in [0, 0.05) is 26.2 Å². The Morgan fingerprint density at radius 1 is 1.41 bits per heavy atom. The van der Waals surface area contributed by atoms with Gasteiger partial charge in [0.25, 0.3) is 0 Å². The third-order valence-electron chi connectivity index (χ3n) is 3.89. The summed E-state index contributed by atoms with van der Waals surface area (Å²) in [7, 11) is 0. The van der Waals surface area contributed by atoms with E-state index < -0.39 is 0 Å². The molecule has 6 nitrogen and oxygen atoms in total. The van der Waals surface area contributed by atoms with Gasteiger partial charge in [-0.25, -0.2) is 9.67 Å². The molecule has 3 heterocycles. The first-order chi connectivity index (χ1) is 8.25. The van der Waals surface area contributed by atoms with Gasteiger partial charge in [0.2, 0.25) is 5.91 Å². The van der Waals surface area contributed by atoms with Gasteiger partial charge >= 0.3 is 0 Å². The summed E-state index contributed by atoms with van der Waals surface area (Å²) in [5, 5.41) is 7.40. The number of amides is 1. The zero-order valence-electron chi connectivity index (χ0n) is 9.91. The van der Waals surface area contributed by atoms with Crippen LogP contribution in [0.25, 0.3) is 0 Å². The molecule has 92 valence electrons. The fourth-order valence-corrected chi connectivity index (χ4v) is 2.83. The van der Waals surface area contributed by atoms with E-state index in [-0.39, 0.29) is 11.9 Å². The number of rotatable bonds is 2. The Labute approximate surface area is 100 Å². The number of likely N-dealkylation sites (tertiary alicyclic amines) is 1. The lowest BCUT2D eigenvalue weighted by atomic mass is 10.0. The van der Waals surface area contributed by atoms with Gasteiger partial charge in [-0.15, -0.1) is 0 Å². The first kappa shape index (κ1) is 10.7. The van der Waals surface area contributed by atoms with E-state index in [0.717, 1.165) is 26.2 Å². The number of carbonyl (C=O) groups is 1. The second kappa shape index (κ2) is 4.10. The van der Waals surface area contributed by atoms with Crippen molar-refractivity contribution in [3.05, 3.63) is 12.7 Å². The van der Waals surface area contributed by atoms with E-state index in [1.165, 1.54) is 6.33 Å². The zero-order chi connectivity index (χ0) is 11.8. The highest BCUT2D eigenvalue weighted by Crippen LogP contribution is 2.27. The average molecular weight is 235 g/mol. The first-order valence-corrected chi connectivity index (χ1v) is 6.09. The SMILES string of the molecule is CC(C(=O)N1C[C@H]2CNC[C@H]2C1)n1cncn1. The predicted octanol–water partition coefficient (Wildman–Crippen LogP) is -0.483. The maximum absolute atomic E-state index is 12.3. The molecule has 0 aliphatic carbocycles. The number of hydrogen-bond donors (Lipinski definition) is 1. The highest BCUT2D eigenvalue weighted by molar-refractivity contribution is 5.80. The highest BCUT2D eigenvalue weighted by Gasteiger charge is 2.39. The zero-order valence-corrected chi connectivity index (χ0v) is 9.91. The van der Waals surface area contributed by atoms with Crippen molar-refractivity contribution in [2.75, 3.05) is 26.2 Å². The number of nitrogens with zero attached hydrogens (tertiary/aromatic N) is 4. The number of fused-ring (bicyclic) bond motifs is 1. The second-order valence-electron chi connectivity index (χ2n) is 4.97. The van der Waals surface area contributed by atoms with Gasteiger partial charge in [-0.1, -0.05) is 0 Å². The van der Waals surface area contributed by atoms with Crippen molar-refractivity contribution in [3.63, 3.8) is 0 Å². The molecule has 2 fully saturated rings. The maximum Gasteiger partial charge on any atom is 0.247 e. The molecule has 2 aliphatic heterocycles. The smallest absolute Gasteiger partial charge is 0.247 e. The normalized spacial score (nSPS) is 29.4. The second-order valence-corrected chi connectivity index (χ2v) is 4.97. The van der Waals surface area contributed by atoms with Crippen molar-refractivity contribution in [3.8, 4) is 0 Å². The van der Waals surface area contributed by atoms with Gasteiger partial charge in [-0.3, -0.25) is 4.79 Å². The molecule has 2 saturated heterocycles. The molecular weight excluding hydrogens is 218 g/mol. The third-order valence-corrected chi connectivity index (χ3v) is 3.89. The summed E-state index contributed by atoms with van der Waals surface area (Å²) in [5.41, 5.74) is 0. The van der Waals surface area contributed by atoms with E-state index >= 15 is 0 Å². The lowest BCUT2D eigenvalue weighted by Crippen LogP contribution is -2.36. The van der Waals surface area contributed by atoms with E-state index in [9.17, 15) is 4.79 Å². The fourth-order valence-electron chi connectivity index (χ4n) is 2.83. The van der Waals surface area contributed by atoms with Crippen LogP contribution in [0.1, 0.15) is 13.0 Å². The molecule has 6 heteroatoms. The van der Waals surface area contributed by atoms with Crippen LogP contribution in [-0.4, -0.2) is 51.8 Å². The molecule has 0 radical (unpaired) electrons. The van der Waals surface area contributed by atoms with Crippen molar-refractivity contribution >= 4 is 5.91 Å². The number of nitrogens with one attached hydrogen (secondary N) is 1. The van der Waals surface area contributed by atoms with Gasteiger partial charge < -0.3 is 10.2 Å². The Bertz CT molecular complexity index is 392. The Hall–Kier alpha value is -1.43. The van der Waals surface area contributed by atoms with Crippen LogP contribution in [-0.2, 0) is 4.79 Å². The van der Waals surface area contributed by atoms with Crippen molar-refractivity contribution in [1.29, 1.82) is 0 Å². The van der Waals surface area contributed by atoms with Crippen LogP contribution in [0, 0.1) is 11.8 Å².